The van der Waals surface area contributed by atoms with Gasteiger partial charge in [-0.3, -0.25) is 4.79 Å². The quantitative estimate of drug-likeness (QED) is 0.636. The molecule has 0 bridgehead atoms. The molecule has 0 saturated carbocycles. The van der Waals surface area contributed by atoms with Crippen LogP contribution in [-0.4, -0.2) is 18.3 Å². The van der Waals surface area contributed by atoms with Gasteiger partial charge in [-0.15, -0.1) is 0 Å². The van der Waals surface area contributed by atoms with Gasteiger partial charge in [-0.25, -0.2) is 8.78 Å². The van der Waals surface area contributed by atoms with Crippen molar-refractivity contribution in [2.45, 2.75) is 23.6 Å². The van der Waals surface area contributed by atoms with Crippen molar-refractivity contribution in [3.05, 3.63) is 28.3 Å². The minimum atomic E-state index is -4.26. The van der Waals surface area contributed by atoms with Crippen molar-refractivity contribution in [1.82, 2.24) is 0 Å². The van der Waals surface area contributed by atoms with Crippen LogP contribution >= 0.6 is 27.5 Å². The zero-order valence-corrected chi connectivity index (χ0v) is 11.5. The van der Waals surface area contributed by atoms with Crippen molar-refractivity contribution in [2.75, 3.05) is 5.32 Å². The van der Waals surface area contributed by atoms with E-state index in [0.717, 1.165) is 0 Å². The Morgan fingerprint density at radius 3 is 2.58 bits per heavy atom. The zero-order valence-electron chi connectivity index (χ0n) is 9.19. The molecule has 2 nitrogen and oxygen atoms in total. The highest BCUT2D eigenvalue weighted by Crippen LogP contribution is 2.46. The molecule has 0 saturated heterocycles. The van der Waals surface area contributed by atoms with Crippen molar-refractivity contribution in [3.8, 4) is 0 Å². The molecule has 1 N–H and O–H groups in total. The Balaban J connectivity index is 2.42. The van der Waals surface area contributed by atoms with Crippen LogP contribution in [0.3, 0.4) is 0 Å². The van der Waals surface area contributed by atoms with Crippen molar-refractivity contribution in [1.29, 1.82) is 0 Å². The third-order valence-electron chi connectivity index (χ3n) is 2.75. The monoisotopic (exact) mass is 359 g/mol. The van der Waals surface area contributed by atoms with E-state index in [1.807, 2.05) is 0 Å². The van der Waals surface area contributed by atoms with Gasteiger partial charge in [0.1, 0.15) is 4.83 Å². The second-order valence-electron chi connectivity index (χ2n) is 4.09. The van der Waals surface area contributed by atoms with Crippen LogP contribution in [0, 0.1) is 0 Å². The maximum atomic E-state index is 13.3. The van der Waals surface area contributed by atoms with Gasteiger partial charge >= 0.3 is 12.3 Å². The van der Waals surface area contributed by atoms with E-state index in [-0.39, 0.29) is 22.9 Å². The van der Waals surface area contributed by atoms with Crippen LogP contribution < -0.4 is 5.32 Å². The summed E-state index contributed by atoms with van der Waals surface area (Å²) >= 11 is 8.36. The molecule has 1 aliphatic rings. The number of fused-ring (bicyclic) bond motifs is 1. The summed E-state index contributed by atoms with van der Waals surface area (Å²) in [5.74, 6) is -4.55. The highest BCUT2D eigenvalue weighted by atomic mass is 79.9. The molecule has 0 aliphatic carbocycles. The van der Waals surface area contributed by atoms with E-state index in [0.29, 0.717) is 11.3 Å². The predicted molar refractivity (Wildman–Crippen MR) is 66.4 cm³/mol. The molecule has 1 atom stereocenters. The van der Waals surface area contributed by atoms with Crippen LogP contribution in [0.4, 0.5) is 23.2 Å². The first-order valence-electron chi connectivity index (χ1n) is 5.15. The van der Waals surface area contributed by atoms with Crippen LogP contribution in [0.25, 0.3) is 0 Å². The van der Waals surface area contributed by atoms with Crippen LogP contribution in [0.15, 0.2) is 12.1 Å². The topological polar surface area (TPSA) is 29.1 Å². The lowest BCUT2D eigenvalue weighted by atomic mass is 10.0. The molecule has 1 unspecified atom stereocenters. The van der Waals surface area contributed by atoms with Crippen LogP contribution in [0.1, 0.15) is 16.0 Å². The van der Waals surface area contributed by atoms with Crippen molar-refractivity contribution in [2.24, 2.45) is 0 Å². The SMILES string of the molecule is O=C1Cc2cc(C(Br)C(F)(F)C(F)F)c(Cl)cc2N1. The Morgan fingerprint density at radius 1 is 1.37 bits per heavy atom. The molecule has 1 amide bonds. The number of hydrogen-bond acceptors (Lipinski definition) is 1. The van der Waals surface area contributed by atoms with E-state index in [1.165, 1.54) is 12.1 Å². The molecule has 0 aromatic heterocycles. The van der Waals surface area contributed by atoms with Gasteiger partial charge in [0.2, 0.25) is 5.91 Å². The average Bonchev–Trinajstić information content (AvgIpc) is 2.65. The molecule has 0 fully saturated rings. The highest BCUT2D eigenvalue weighted by molar-refractivity contribution is 9.09. The number of rotatable bonds is 3. The second kappa shape index (κ2) is 4.94. The van der Waals surface area contributed by atoms with Gasteiger partial charge in [0.25, 0.3) is 0 Å². The molecule has 1 aromatic carbocycles. The smallest absolute Gasteiger partial charge is 0.323 e. The number of alkyl halides is 5. The van der Waals surface area contributed by atoms with Gasteiger partial charge in [-0.2, -0.15) is 8.78 Å². The molecular weight excluding hydrogens is 353 g/mol. The van der Waals surface area contributed by atoms with Gasteiger partial charge in [0.05, 0.1) is 6.42 Å². The molecular formula is C11H7BrClF4NO. The standard InChI is InChI=1S/C11H7BrClF4NO/c12-9(11(16,17)10(14)15)5-1-4-2-8(19)18-7(4)3-6(5)13/h1,3,9-10H,2H2,(H,18,19). The van der Waals surface area contributed by atoms with Crippen molar-refractivity contribution in [3.63, 3.8) is 0 Å². The molecule has 104 valence electrons. The fourth-order valence-electron chi connectivity index (χ4n) is 1.78. The third-order valence-corrected chi connectivity index (χ3v) is 4.18. The van der Waals surface area contributed by atoms with E-state index in [2.05, 4.69) is 21.2 Å². The summed E-state index contributed by atoms with van der Waals surface area (Å²) < 4.78 is 51.2. The fourth-order valence-corrected chi connectivity index (χ4v) is 2.76. The minimum Gasteiger partial charge on any atom is -0.325 e. The Kier molecular flexibility index (Phi) is 3.79. The Hall–Kier alpha value is -0.820. The number of amides is 1. The van der Waals surface area contributed by atoms with Gasteiger partial charge in [0.15, 0.2) is 0 Å². The molecule has 19 heavy (non-hydrogen) atoms. The Bertz CT molecular complexity index is 538. The first-order chi connectivity index (χ1) is 8.73. The number of carbonyl (C=O) groups excluding carboxylic acids is 1. The number of carbonyl (C=O) groups is 1. The lowest BCUT2D eigenvalue weighted by molar-refractivity contribution is -0.127. The molecule has 0 radical (unpaired) electrons. The lowest BCUT2D eigenvalue weighted by Crippen LogP contribution is -2.31. The summed E-state index contributed by atoms with van der Waals surface area (Å²) in [7, 11) is 0. The molecule has 2 rings (SSSR count). The van der Waals surface area contributed by atoms with E-state index in [9.17, 15) is 22.4 Å². The van der Waals surface area contributed by atoms with Gasteiger partial charge in [-0.1, -0.05) is 33.6 Å². The van der Waals surface area contributed by atoms with Crippen LogP contribution in [0.2, 0.25) is 5.02 Å². The lowest BCUT2D eigenvalue weighted by Gasteiger charge is -2.23. The van der Waals surface area contributed by atoms with E-state index >= 15 is 0 Å². The summed E-state index contributed by atoms with van der Waals surface area (Å²) in [6.07, 6.45) is -3.81. The third kappa shape index (κ3) is 2.58. The average molecular weight is 361 g/mol. The van der Waals surface area contributed by atoms with Crippen molar-refractivity contribution >= 4 is 39.1 Å². The number of anilines is 1. The number of benzene rings is 1. The second-order valence-corrected chi connectivity index (χ2v) is 5.42. The summed E-state index contributed by atoms with van der Waals surface area (Å²) in [4.78, 5) is 9.24. The fraction of sp³-hybridized carbons (Fsp3) is 0.364. The molecule has 1 aliphatic heterocycles. The van der Waals surface area contributed by atoms with E-state index in [4.69, 9.17) is 11.6 Å². The van der Waals surface area contributed by atoms with Gasteiger partial charge in [-0.05, 0) is 17.2 Å². The maximum absolute atomic E-state index is 13.3. The Labute approximate surface area is 119 Å². The highest BCUT2D eigenvalue weighted by Gasteiger charge is 2.49. The number of nitrogens with one attached hydrogen (secondary N) is 1. The maximum Gasteiger partial charge on any atom is 0.323 e. The number of hydrogen-bond donors (Lipinski definition) is 1. The molecule has 0 spiro atoms. The van der Waals surface area contributed by atoms with Gasteiger partial charge < -0.3 is 5.32 Å². The van der Waals surface area contributed by atoms with Crippen molar-refractivity contribution < 1.29 is 22.4 Å². The summed E-state index contributed by atoms with van der Waals surface area (Å²) in [6, 6.07) is 2.53. The Morgan fingerprint density at radius 2 is 2.00 bits per heavy atom. The molecule has 1 heterocycles. The first kappa shape index (κ1) is 14.6. The number of halogens is 6. The largest absolute Gasteiger partial charge is 0.325 e. The summed E-state index contributed by atoms with van der Waals surface area (Å²) in [5.41, 5.74) is 0.708. The molecule has 1 aromatic rings. The minimum absolute atomic E-state index is 0.0134. The van der Waals surface area contributed by atoms with Gasteiger partial charge in [0, 0.05) is 10.7 Å². The molecule has 8 heteroatoms. The van der Waals surface area contributed by atoms with E-state index in [1.54, 1.807) is 0 Å². The first-order valence-corrected chi connectivity index (χ1v) is 6.45. The summed E-state index contributed by atoms with van der Waals surface area (Å²) in [6.45, 7) is 0. The summed E-state index contributed by atoms with van der Waals surface area (Å²) in [5, 5.41) is 2.38. The normalized spacial score (nSPS) is 16.5. The predicted octanol–water partition coefficient (Wildman–Crippen LogP) is 4.17. The van der Waals surface area contributed by atoms with E-state index < -0.39 is 17.2 Å². The van der Waals surface area contributed by atoms with Crippen LogP contribution in [0.5, 0.6) is 0 Å². The van der Waals surface area contributed by atoms with Crippen LogP contribution in [-0.2, 0) is 11.2 Å². The zero-order chi connectivity index (χ0) is 14.4.